The molecule has 202 valence electrons. The van der Waals surface area contributed by atoms with Crippen molar-refractivity contribution >= 4 is 50.0 Å². The third kappa shape index (κ3) is 4.87. The van der Waals surface area contributed by atoms with Crippen molar-refractivity contribution in [2.45, 2.75) is 30.4 Å². The molecule has 5 rings (SSSR count). The Bertz CT molecular complexity index is 1660. The SMILES string of the molecule is CNC(C)C(=O)NC1COc2ccccc2N(Cc2c(Cl)n(S(=O)(=O)c3ccccc3)c3ccccc23)C1=O. The lowest BCUT2D eigenvalue weighted by Crippen LogP contribution is -2.53. The summed E-state index contributed by atoms with van der Waals surface area (Å²) in [5, 5.41) is 6.17. The molecule has 4 aromatic rings. The molecule has 0 saturated carbocycles. The van der Waals surface area contributed by atoms with Gasteiger partial charge in [0.05, 0.1) is 28.7 Å². The Hall–Kier alpha value is -3.86. The van der Waals surface area contributed by atoms with Gasteiger partial charge in [0, 0.05) is 10.9 Å². The van der Waals surface area contributed by atoms with Crippen LogP contribution >= 0.6 is 11.6 Å². The van der Waals surface area contributed by atoms with Crippen molar-refractivity contribution in [3.8, 4) is 5.75 Å². The number of carbonyl (C=O) groups excluding carboxylic acids is 2. The second-order valence-corrected chi connectivity index (χ2v) is 11.3. The van der Waals surface area contributed by atoms with Gasteiger partial charge in [0.15, 0.2) is 0 Å². The number of aromatic nitrogens is 1. The summed E-state index contributed by atoms with van der Waals surface area (Å²) in [6.07, 6.45) is 0. The number of hydrogen-bond donors (Lipinski definition) is 2. The predicted molar refractivity (Wildman–Crippen MR) is 150 cm³/mol. The van der Waals surface area contributed by atoms with Crippen LogP contribution in [0.25, 0.3) is 10.9 Å². The molecule has 1 aliphatic rings. The Morgan fingerprint density at radius 1 is 1.05 bits per heavy atom. The van der Waals surface area contributed by atoms with E-state index in [4.69, 9.17) is 16.3 Å². The maximum absolute atomic E-state index is 13.9. The number of nitrogens with zero attached hydrogens (tertiary/aromatic N) is 2. The summed E-state index contributed by atoms with van der Waals surface area (Å²) in [5.41, 5.74) is 1.33. The summed E-state index contributed by atoms with van der Waals surface area (Å²) in [5.74, 6) is -0.301. The van der Waals surface area contributed by atoms with Gasteiger partial charge >= 0.3 is 0 Å². The normalized spacial score (nSPS) is 16.3. The van der Waals surface area contributed by atoms with E-state index in [0.717, 1.165) is 3.97 Å². The zero-order valence-corrected chi connectivity index (χ0v) is 22.9. The van der Waals surface area contributed by atoms with Crippen LogP contribution in [0.2, 0.25) is 5.15 Å². The van der Waals surface area contributed by atoms with E-state index < -0.39 is 28.0 Å². The van der Waals surface area contributed by atoms with Gasteiger partial charge in [-0.3, -0.25) is 9.59 Å². The van der Waals surface area contributed by atoms with E-state index in [1.807, 2.05) is 0 Å². The first-order valence-electron chi connectivity index (χ1n) is 12.3. The van der Waals surface area contributed by atoms with Gasteiger partial charge in [-0.15, -0.1) is 0 Å². The monoisotopic (exact) mass is 566 g/mol. The molecule has 1 aromatic heterocycles. The molecule has 2 atom stereocenters. The zero-order chi connectivity index (χ0) is 27.7. The van der Waals surface area contributed by atoms with Crippen LogP contribution in [0.4, 0.5) is 5.69 Å². The van der Waals surface area contributed by atoms with Crippen LogP contribution in [0.5, 0.6) is 5.75 Å². The van der Waals surface area contributed by atoms with Crippen LogP contribution < -0.4 is 20.3 Å². The highest BCUT2D eigenvalue weighted by Gasteiger charge is 2.35. The fourth-order valence-electron chi connectivity index (χ4n) is 4.53. The van der Waals surface area contributed by atoms with Crippen molar-refractivity contribution in [1.29, 1.82) is 0 Å². The third-order valence-corrected chi connectivity index (χ3v) is 8.97. The largest absolute Gasteiger partial charge is 0.489 e. The number of amides is 2. The number of para-hydroxylation sites is 3. The molecule has 0 fully saturated rings. The molecular formula is C28H27ClN4O5S. The molecule has 9 nitrogen and oxygen atoms in total. The predicted octanol–water partition coefficient (Wildman–Crippen LogP) is 3.55. The van der Waals surface area contributed by atoms with Gasteiger partial charge in [0.1, 0.15) is 23.6 Å². The molecule has 0 saturated heterocycles. The first kappa shape index (κ1) is 26.7. The average Bonchev–Trinajstić information content (AvgIpc) is 3.17. The second-order valence-electron chi connectivity index (χ2n) is 9.14. The molecule has 11 heteroatoms. The number of ether oxygens (including phenoxy) is 1. The van der Waals surface area contributed by atoms with Crippen LogP contribution in [0.1, 0.15) is 12.5 Å². The zero-order valence-electron chi connectivity index (χ0n) is 21.3. The first-order chi connectivity index (χ1) is 18.7. The number of benzene rings is 3. The van der Waals surface area contributed by atoms with Gasteiger partial charge in [-0.1, -0.05) is 60.1 Å². The quantitative estimate of drug-likeness (QED) is 0.354. The Morgan fingerprint density at radius 2 is 1.72 bits per heavy atom. The van der Waals surface area contributed by atoms with Gasteiger partial charge in [0.25, 0.3) is 15.9 Å². The highest BCUT2D eigenvalue weighted by atomic mass is 35.5. The van der Waals surface area contributed by atoms with Crippen molar-refractivity contribution in [2.75, 3.05) is 18.6 Å². The Kier molecular flexibility index (Phi) is 7.35. The van der Waals surface area contributed by atoms with Gasteiger partial charge in [0.2, 0.25) is 5.91 Å². The lowest BCUT2D eigenvalue weighted by molar-refractivity contribution is -0.129. The van der Waals surface area contributed by atoms with E-state index in [0.29, 0.717) is 27.9 Å². The standard InChI is InChI=1S/C28H27ClN4O5S/c1-18(30-2)27(34)31-22-17-38-25-15-9-8-14-24(25)32(28(22)35)16-21-20-12-6-7-13-23(20)33(26(21)29)39(36,37)19-10-4-3-5-11-19/h3-15,18,22,30H,16-17H2,1-2H3,(H,31,34). The van der Waals surface area contributed by atoms with Gasteiger partial charge in [-0.05, 0) is 44.3 Å². The number of likely N-dealkylation sites (N-methyl/N-ethyl adjacent to an activating group) is 1. The topological polar surface area (TPSA) is 110 Å². The molecule has 2 N–H and O–H groups in total. The second kappa shape index (κ2) is 10.7. The molecular weight excluding hydrogens is 540 g/mol. The molecule has 0 radical (unpaired) electrons. The van der Waals surface area contributed by atoms with Crippen LogP contribution in [0, 0.1) is 0 Å². The number of halogens is 1. The fourth-order valence-corrected chi connectivity index (χ4v) is 6.51. The molecule has 3 aromatic carbocycles. The maximum Gasteiger partial charge on any atom is 0.269 e. The fraction of sp³-hybridized carbons (Fsp3) is 0.214. The van der Waals surface area contributed by atoms with Crippen LogP contribution in [0.3, 0.4) is 0 Å². The summed E-state index contributed by atoms with van der Waals surface area (Å²) in [4.78, 5) is 28.1. The molecule has 2 heterocycles. The average molecular weight is 567 g/mol. The number of hydrogen-bond acceptors (Lipinski definition) is 6. The van der Waals surface area contributed by atoms with Crippen LogP contribution in [-0.2, 0) is 26.2 Å². The van der Waals surface area contributed by atoms with E-state index in [1.165, 1.54) is 17.0 Å². The first-order valence-corrected chi connectivity index (χ1v) is 14.1. The van der Waals surface area contributed by atoms with Gasteiger partial charge < -0.3 is 20.3 Å². The number of anilines is 1. The number of nitrogens with one attached hydrogen (secondary N) is 2. The molecule has 2 amide bonds. The molecule has 0 bridgehead atoms. The molecule has 1 aliphatic heterocycles. The van der Waals surface area contributed by atoms with E-state index in [-0.39, 0.29) is 29.1 Å². The van der Waals surface area contributed by atoms with Crippen molar-refractivity contribution in [3.63, 3.8) is 0 Å². The van der Waals surface area contributed by atoms with Gasteiger partial charge in [-0.25, -0.2) is 12.4 Å². The van der Waals surface area contributed by atoms with Crippen molar-refractivity contribution in [1.82, 2.24) is 14.6 Å². The maximum atomic E-state index is 13.9. The van der Waals surface area contributed by atoms with E-state index >= 15 is 0 Å². The minimum Gasteiger partial charge on any atom is -0.489 e. The summed E-state index contributed by atoms with van der Waals surface area (Å²) in [6.45, 7) is 1.57. The lowest BCUT2D eigenvalue weighted by Gasteiger charge is -2.25. The summed E-state index contributed by atoms with van der Waals surface area (Å²) in [7, 11) is -2.39. The number of rotatable bonds is 7. The van der Waals surface area contributed by atoms with Crippen LogP contribution in [0.15, 0.2) is 83.8 Å². The van der Waals surface area contributed by atoms with Crippen LogP contribution in [-0.4, -0.2) is 49.9 Å². The Balaban J connectivity index is 1.62. The Labute approximate surface area is 231 Å². The highest BCUT2D eigenvalue weighted by molar-refractivity contribution is 7.90. The van der Waals surface area contributed by atoms with Crippen molar-refractivity contribution < 1.29 is 22.7 Å². The van der Waals surface area contributed by atoms with E-state index in [1.54, 1.807) is 80.7 Å². The van der Waals surface area contributed by atoms with Crippen molar-refractivity contribution in [3.05, 3.63) is 89.6 Å². The Morgan fingerprint density at radius 3 is 2.46 bits per heavy atom. The van der Waals surface area contributed by atoms with E-state index in [9.17, 15) is 18.0 Å². The number of carbonyl (C=O) groups is 2. The summed E-state index contributed by atoms with van der Waals surface area (Å²) < 4.78 is 34.4. The smallest absolute Gasteiger partial charge is 0.269 e. The number of fused-ring (bicyclic) bond motifs is 2. The van der Waals surface area contributed by atoms with Crippen molar-refractivity contribution in [2.24, 2.45) is 0 Å². The summed E-state index contributed by atoms with van der Waals surface area (Å²) in [6, 6.07) is 20.5. The minimum absolute atomic E-state index is 0.0279. The summed E-state index contributed by atoms with van der Waals surface area (Å²) >= 11 is 6.84. The lowest BCUT2D eigenvalue weighted by atomic mass is 10.1. The van der Waals surface area contributed by atoms with Gasteiger partial charge in [-0.2, -0.15) is 0 Å². The minimum atomic E-state index is -4.04. The molecule has 2 unspecified atom stereocenters. The molecule has 0 aliphatic carbocycles. The van der Waals surface area contributed by atoms with E-state index in [2.05, 4.69) is 10.6 Å². The molecule has 0 spiro atoms. The third-order valence-electron chi connectivity index (χ3n) is 6.74. The molecule has 39 heavy (non-hydrogen) atoms. The highest BCUT2D eigenvalue weighted by Crippen LogP contribution is 2.38.